The summed E-state index contributed by atoms with van der Waals surface area (Å²) in [5.74, 6) is 2.09. The number of aryl methyl sites for hydroxylation is 1. The number of aromatic nitrogens is 3. The zero-order valence-corrected chi connectivity index (χ0v) is 19.6. The van der Waals surface area contributed by atoms with E-state index in [2.05, 4.69) is 25.8 Å². The molecule has 0 spiro atoms. The highest BCUT2D eigenvalue weighted by Gasteiger charge is 2.14. The molecule has 0 saturated heterocycles. The van der Waals surface area contributed by atoms with Crippen LogP contribution in [0, 0.1) is 0 Å². The Morgan fingerprint density at radius 1 is 1.00 bits per heavy atom. The van der Waals surface area contributed by atoms with Crippen molar-refractivity contribution < 1.29 is 19.0 Å². The lowest BCUT2D eigenvalue weighted by atomic mass is 10.2. The van der Waals surface area contributed by atoms with Gasteiger partial charge < -0.3 is 19.5 Å². The summed E-state index contributed by atoms with van der Waals surface area (Å²) >= 11 is 7.75. The van der Waals surface area contributed by atoms with Crippen molar-refractivity contribution >= 4 is 50.7 Å². The van der Waals surface area contributed by atoms with Crippen molar-refractivity contribution in [2.75, 3.05) is 24.9 Å². The summed E-state index contributed by atoms with van der Waals surface area (Å²) in [4.78, 5) is 16.6. The van der Waals surface area contributed by atoms with Gasteiger partial charge in [-0.25, -0.2) is 4.79 Å². The first-order valence-corrected chi connectivity index (χ1v) is 11.1. The monoisotopic (exact) mass is 485 g/mol. The van der Waals surface area contributed by atoms with Crippen LogP contribution in [-0.4, -0.2) is 35.4 Å². The lowest BCUT2D eigenvalue weighted by Gasteiger charge is -2.13. The van der Waals surface area contributed by atoms with Gasteiger partial charge in [0.25, 0.3) is 0 Å². The second kappa shape index (κ2) is 9.88. The number of rotatable bonds is 7. The highest BCUT2D eigenvalue weighted by Crippen LogP contribution is 2.38. The predicted molar refractivity (Wildman–Crippen MR) is 128 cm³/mol. The molecule has 33 heavy (non-hydrogen) atoms. The number of hydrogen-bond acceptors (Lipinski definition) is 8. The van der Waals surface area contributed by atoms with Gasteiger partial charge in [-0.3, -0.25) is 10.3 Å². The van der Waals surface area contributed by atoms with E-state index in [0.717, 1.165) is 16.8 Å². The Balaban J connectivity index is 1.51. The van der Waals surface area contributed by atoms with Crippen LogP contribution in [-0.2, 0) is 6.42 Å². The fourth-order valence-corrected chi connectivity index (χ4v) is 3.92. The van der Waals surface area contributed by atoms with Gasteiger partial charge >= 0.3 is 6.03 Å². The number of hydrogen-bond donors (Lipinski definition) is 2. The molecule has 0 aliphatic rings. The van der Waals surface area contributed by atoms with Crippen LogP contribution in [0.1, 0.15) is 11.9 Å². The van der Waals surface area contributed by atoms with Crippen molar-refractivity contribution in [3.63, 3.8) is 0 Å². The Bertz CT molecular complexity index is 1310. The highest BCUT2D eigenvalue weighted by molar-refractivity contribution is 7.15. The first kappa shape index (κ1) is 22.6. The van der Waals surface area contributed by atoms with Crippen LogP contribution in [0.5, 0.6) is 23.0 Å². The molecule has 2 aromatic heterocycles. The van der Waals surface area contributed by atoms with E-state index in [-0.39, 0.29) is 0 Å². The minimum Gasteiger partial charge on any atom is -0.493 e. The van der Waals surface area contributed by atoms with Gasteiger partial charge in [0.1, 0.15) is 16.5 Å². The van der Waals surface area contributed by atoms with E-state index in [1.807, 2.05) is 6.92 Å². The van der Waals surface area contributed by atoms with Gasteiger partial charge in [-0.05, 0) is 36.8 Å². The van der Waals surface area contributed by atoms with Crippen molar-refractivity contribution in [1.82, 2.24) is 15.2 Å². The number of carbonyl (C=O) groups excluding carboxylic acids is 1. The van der Waals surface area contributed by atoms with Gasteiger partial charge in [-0.15, -0.1) is 10.2 Å². The fourth-order valence-electron chi connectivity index (χ4n) is 3.02. The molecule has 0 fully saturated rings. The number of urea groups is 1. The minimum absolute atomic E-state index is 0.322. The van der Waals surface area contributed by atoms with Crippen LogP contribution in [0.3, 0.4) is 0 Å². The van der Waals surface area contributed by atoms with Gasteiger partial charge in [-0.2, -0.15) is 0 Å². The van der Waals surface area contributed by atoms with E-state index in [0.29, 0.717) is 44.4 Å². The molecule has 2 amide bonds. The molecular formula is C22H20ClN5O4S. The SMILES string of the molecule is CCc1nnc(NC(=O)Nc2ccc(Oc3ccnc4cc(OC)c(OC)cc34)c(Cl)c2)s1. The van der Waals surface area contributed by atoms with Crippen LogP contribution < -0.4 is 24.8 Å². The molecule has 0 bridgehead atoms. The second-order valence-corrected chi connectivity index (χ2v) is 8.18. The molecule has 0 unspecified atom stereocenters. The number of halogens is 1. The first-order valence-electron chi connectivity index (χ1n) is 9.89. The standard InChI is InChI=1S/C22H20ClN5O4S/c1-4-20-27-28-22(33-20)26-21(29)25-12-5-6-17(14(23)9-12)32-16-7-8-24-15-11-19(31-3)18(30-2)10-13(15)16/h5-11H,4H2,1-3H3,(H2,25,26,28,29). The number of amides is 2. The molecule has 0 aliphatic heterocycles. The molecule has 2 aromatic carbocycles. The average molecular weight is 486 g/mol. The van der Waals surface area contributed by atoms with Crippen molar-refractivity contribution in [2.24, 2.45) is 0 Å². The maximum Gasteiger partial charge on any atom is 0.325 e. The molecule has 170 valence electrons. The molecule has 0 aliphatic carbocycles. The third-order valence-corrected chi connectivity index (χ3v) is 5.88. The van der Waals surface area contributed by atoms with Gasteiger partial charge in [0.15, 0.2) is 11.5 Å². The zero-order chi connectivity index (χ0) is 23.4. The van der Waals surface area contributed by atoms with Crippen LogP contribution in [0.15, 0.2) is 42.6 Å². The van der Waals surface area contributed by atoms with Crippen LogP contribution in [0.4, 0.5) is 15.6 Å². The number of nitrogens with zero attached hydrogens (tertiary/aromatic N) is 3. The molecular weight excluding hydrogens is 466 g/mol. The number of benzene rings is 2. The largest absolute Gasteiger partial charge is 0.493 e. The molecule has 2 heterocycles. The maximum absolute atomic E-state index is 12.2. The summed E-state index contributed by atoms with van der Waals surface area (Å²) < 4.78 is 16.8. The summed E-state index contributed by atoms with van der Waals surface area (Å²) in [6.45, 7) is 1.97. The summed E-state index contributed by atoms with van der Waals surface area (Å²) in [5, 5.41) is 15.6. The number of methoxy groups -OCH3 is 2. The highest BCUT2D eigenvalue weighted by atomic mass is 35.5. The third-order valence-electron chi connectivity index (χ3n) is 4.61. The number of nitrogens with one attached hydrogen (secondary N) is 2. The topological polar surface area (TPSA) is 107 Å². The molecule has 0 atom stereocenters. The Labute approximate surface area is 198 Å². The molecule has 0 saturated carbocycles. The normalized spacial score (nSPS) is 10.7. The van der Waals surface area contributed by atoms with E-state index < -0.39 is 6.03 Å². The number of ether oxygens (including phenoxy) is 3. The van der Waals surface area contributed by atoms with Crippen molar-refractivity contribution in [1.29, 1.82) is 0 Å². The Morgan fingerprint density at radius 3 is 2.48 bits per heavy atom. The second-order valence-electron chi connectivity index (χ2n) is 6.71. The average Bonchev–Trinajstić information content (AvgIpc) is 3.27. The van der Waals surface area contributed by atoms with Crippen LogP contribution in [0.25, 0.3) is 10.9 Å². The summed E-state index contributed by atoms with van der Waals surface area (Å²) in [5.41, 5.74) is 1.18. The van der Waals surface area contributed by atoms with Gasteiger partial charge in [-0.1, -0.05) is 29.9 Å². The first-order chi connectivity index (χ1) is 16.0. The molecule has 0 radical (unpaired) electrons. The Hall–Kier alpha value is -3.63. The Morgan fingerprint density at radius 2 is 1.79 bits per heavy atom. The zero-order valence-electron chi connectivity index (χ0n) is 18.0. The Kier molecular flexibility index (Phi) is 6.76. The number of fused-ring (bicyclic) bond motifs is 1. The number of pyridine rings is 1. The molecule has 4 aromatic rings. The van der Waals surface area contributed by atoms with Crippen molar-refractivity contribution in [3.05, 3.63) is 52.6 Å². The van der Waals surface area contributed by atoms with Crippen molar-refractivity contribution in [2.45, 2.75) is 13.3 Å². The molecule has 4 rings (SSSR count). The summed E-state index contributed by atoms with van der Waals surface area (Å²) in [7, 11) is 3.13. The lowest BCUT2D eigenvalue weighted by molar-refractivity contribution is 0.262. The van der Waals surface area contributed by atoms with E-state index >= 15 is 0 Å². The lowest BCUT2D eigenvalue weighted by Crippen LogP contribution is -2.19. The smallest absolute Gasteiger partial charge is 0.325 e. The number of carbonyl (C=O) groups is 1. The van der Waals surface area contributed by atoms with Gasteiger partial charge in [0, 0.05) is 23.3 Å². The maximum atomic E-state index is 12.2. The number of anilines is 2. The third kappa shape index (κ3) is 5.07. The predicted octanol–water partition coefficient (Wildman–Crippen LogP) is 5.76. The van der Waals surface area contributed by atoms with E-state index in [1.165, 1.54) is 11.3 Å². The van der Waals surface area contributed by atoms with Crippen molar-refractivity contribution in [3.8, 4) is 23.0 Å². The summed E-state index contributed by atoms with van der Waals surface area (Å²) in [6, 6.07) is 9.81. The van der Waals surface area contributed by atoms with E-state index in [1.54, 1.807) is 56.8 Å². The summed E-state index contributed by atoms with van der Waals surface area (Å²) in [6.07, 6.45) is 2.39. The van der Waals surface area contributed by atoms with E-state index in [4.69, 9.17) is 25.8 Å². The minimum atomic E-state index is -0.445. The van der Waals surface area contributed by atoms with Gasteiger partial charge in [0.2, 0.25) is 5.13 Å². The van der Waals surface area contributed by atoms with Crippen LogP contribution >= 0.6 is 22.9 Å². The van der Waals surface area contributed by atoms with Gasteiger partial charge in [0.05, 0.1) is 24.8 Å². The molecule has 11 heteroatoms. The van der Waals surface area contributed by atoms with E-state index in [9.17, 15) is 4.79 Å². The fraction of sp³-hybridized carbons (Fsp3) is 0.182. The quantitative estimate of drug-likeness (QED) is 0.343. The molecule has 2 N–H and O–H groups in total. The van der Waals surface area contributed by atoms with Crippen LogP contribution in [0.2, 0.25) is 5.02 Å². The molecule has 9 nitrogen and oxygen atoms in total.